The Morgan fingerprint density at radius 2 is 1.77 bits per heavy atom. The molecule has 0 aliphatic heterocycles. The van der Waals surface area contributed by atoms with Crippen molar-refractivity contribution in [2.45, 2.75) is 32.9 Å². The van der Waals surface area contributed by atoms with Gasteiger partial charge < -0.3 is 10.2 Å². The average molecular weight is 428 g/mol. The molecule has 30 heavy (non-hydrogen) atoms. The Bertz CT molecular complexity index is 910. The molecule has 0 bridgehead atoms. The summed E-state index contributed by atoms with van der Waals surface area (Å²) in [6, 6.07) is 9.16. The van der Waals surface area contributed by atoms with Gasteiger partial charge in [0.2, 0.25) is 5.91 Å². The molecular weight excluding hydrogens is 407 g/mol. The zero-order valence-electron chi connectivity index (χ0n) is 15.1. The van der Waals surface area contributed by atoms with E-state index in [1.165, 1.54) is 0 Å². The van der Waals surface area contributed by atoms with Crippen molar-refractivity contribution in [1.29, 1.82) is 0 Å². The van der Waals surface area contributed by atoms with E-state index in [1.807, 2.05) is 0 Å². The van der Waals surface area contributed by atoms with Gasteiger partial charge in [0.05, 0.1) is 17.5 Å². The van der Waals surface area contributed by atoms with Crippen LogP contribution in [0.25, 0.3) is 0 Å². The molecule has 0 spiro atoms. The van der Waals surface area contributed by atoms with E-state index in [4.69, 9.17) is 4.84 Å². The number of oxime groups is 1. The van der Waals surface area contributed by atoms with Crippen LogP contribution in [0.1, 0.15) is 37.0 Å². The summed E-state index contributed by atoms with van der Waals surface area (Å²) in [4.78, 5) is 17.3. The van der Waals surface area contributed by atoms with Crippen LogP contribution in [0.3, 0.4) is 0 Å². The first-order valence-electron chi connectivity index (χ1n) is 8.85. The lowest BCUT2D eigenvalue weighted by molar-refractivity contribution is -0.138. The van der Waals surface area contributed by atoms with Crippen LogP contribution in [-0.2, 0) is 22.2 Å². The van der Waals surface area contributed by atoms with Crippen LogP contribution in [0.15, 0.2) is 47.6 Å². The maximum atomic E-state index is 14.4. The summed E-state index contributed by atoms with van der Waals surface area (Å²) in [7, 11) is 0. The van der Waals surface area contributed by atoms with Gasteiger partial charge in [-0.15, -0.1) is 0 Å². The van der Waals surface area contributed by atoms with Crippen molar-refractivity contribution in [2.75, 3.05) is 6.61 Å². The quantitative estimate of drug-likeness (QED) is 0.302. The van der Waals surface area contributed by atoms with Crippen molar-refractivity contribution in [3.8, 4) is 0 Å². The average Bonchev–Trinajstić information content (AvgIpc) is 3.47. The molecule has 1 aliphatic carbocycles. The minimum Gasteiger partial charge on any atom is -0.394 e. The highest BCUT2D eigenvalue weighted by Gasteiger charge is 2.38. The van der Waals surface area contributed by atoms with Gasteiger partial charge >= 0.3 is 6.18 Å². The molecule has 162 valence electrons. The third kappa shape index (κ3) is 6.01. The van der Waals surface area contributed by atoms with E-state index < -0.39 is 40.7 Å². The number of amides is 1. The standard InChI is InChI=1S/C20H17F5N2O2.CH4/c21-15-9-8-14(20(23,24)25)17(18(15)22)19(27-29-11-13-6-7-13)26-16(28)10-12-4-2-1-3-5-12;/h1-5,8-9,13H,6-7,10-11H2,(H,26,27,28);1H4. The Balaban J connectivity index is 0.00000320. The number of carbonyl (C=O) groups excluding carboxylic acids is 1. The van der Waals surface area contributed by atoms with E-state index in [2.05, 4.69) is 10.5 Å². The Hall–Kier alpha value is -2.97. The number of benzene rings is 2. The summed E-state index contributed by atoms with van der Waals surface area (Å²) >= 11 is 0. The molecule has 4 nitrogen and oxygen atoms in total. The maximum absolute atomic E-state index is 14.4. The predicted molar refractivity (Wildman–Crippen MR) is 102 cm³/mol. The number of halogens is 5. The molecule has 2 aromatic rings. The van der Waals surface area contributed by atoms with Gasteiger partial charge in [-0.2, -0.15) is 13.2 Å². The van der Waals surface area contributed by atoms with Crippen molar-refractivity contribution in [1.82, 2.24) is 5.32 Å². The van der Waals surface area contributed by atoms with Gasteiger partial charge in [0.15, 0.2) is 17.5 Å². The highest BCUT2D eigenvalue weighted by atomic mass is 19.4. The fraction of sp³-hybridized carbons (Fsp3) is 0.333. The van der Waals surface area contributed by atoms with Crippen LogP contribution in [-0.4, -0.2) is 18.3 Å². The number of nitrogens with one attached hydrogen (secondary N) is 1. The first kappa shape index (κ1) is 23.3. The second-order valence-corrected chi connectivity index (χ2v) is 6.67. The Morgan fingerprint density at radius 3 is 2.37 bits per heavy atom. The third-order valence-corrected chi connectivity index (χ3v) is 4.27. The molecule has 0 unspecified atom stereocenters. The zero-order chi connectivity index (χ0) is 21.0. The van der Waals surface area contributed by atoms with Crippen molar-refractivity contribution < 1.29 is 31.6 Å². The lowest BCUT2D eigenvalue weighted by atomic mass is 10.0. The lowest BCUT2D eigenvalue weighted by Crippen LogP contribution is -2.35. The van der Waals surface area contributed by atoms with Gasteiger partial charge in [0, 0.05) is 0 Å². The van der Waals surface area contributed by atoms with Crippen molar-refractivity contribution in [3.63, 3.8) is 0 Å². The molecule has 0 heterocycles. The minimum absolute atomic E-state index is 0. The molecule has 3 rings (SSSR count). The van der Waals surface area contributed by atoms with Crippen molar-refractivity contribution >= 4 is 11.7 Å². The largest absolute Gasteiger partial charge is 0.417 e. The second-order valence-electron chi connectivity index (χ2n) is 6.67. The number of amidine groups is 1. The monoisotopic (exact) mass is 428 g/mol. The highest BCUT2D eigenvalue weighted by Crippen LogP contribution is 2.34. The summed E-state index contributed by atoms with van der Waals surface area (Å²) in [5.74, 6) is -4.63. The predicted octanol–water partition coefficient (Wildman–Crippen LogP) is 5.07. The molecule has 1 aliphatic rings. The SMILES string of the molecule is C.O=C(Cc1ccccc1)N/C(=N\OCC1CC1)c1c(C(F)(F)F)ccc(F)c1F. The van der Waals surface area contributed by atoms with Gasteiger partial charge in [0.1, 0.15) is 6.61 Å². The Kier molecular flexibility index (Phi) is 7.53. The fourth-order valence-corrected chi connectivity index (χ4v) is 2.60. The van der Waals surface area contributed by atoms with E-state index in [-0.39, 0.29) is 26.4 Å². The molecule has 0 atom stereocenters. The number of nitrogens with zero attached hydrogens (tertiary/aromatic N) is 1. The van der Waals surface area contributed by atoms with Crippen LogP contribution in [0.5, 0.6) is 0 Å². The van der Waals surface area contributed by atoms with Gasteiger partial charge in [-0.1, -0.05) is 42.9 Å². The van der Waals surface area contributed by atoms with Crippen LogP contribution in [0.2, 0.25) is 0 Å². The van der Waals surface area contributed by atoms with E-state index in [0.717, 1.165) is 12.8 Å². The van der Waals surface area contributed by atoms with E-state index in [0.29, 0.717) is 17.7 Å². The minimum atomic E-state index is -4.99. The van der Waals surface area contributed by atoms with Gasteiger partial charge in [-0.25, -0.2) is 8.78 Å². The smallest absolute Gasteiger partial charge is 0.394 e. The number of hydrogen-bond donors (Lipinski definition) is 1. The van der Waals surface area contributed by atoms with Gasteiger partial charge in [0.25, 0.3) is 0 Å². The molecule has 0 saturated heterocycles. The highest BCUT2D eigenvalue weighted by molar-refractivity contribution is 6.09. The first-order chi connectivity index (χ1) is 13.8. The topological polar surface area (TPSA) is 50.7 Å². The summed E-state index contributed by atoms with van der Waals surface area (Å²) < 4.78 is 68.2. The molecule has 1 N–H and O–H groups in total. The van der Waals surface area contributed by atoms with Crippen molar-refractivity contribution in [3.05, 3.63) is 70.8 Å². The molecule has 2 aromatic carbocycles. The summed E-state index contributed by atoms with van der Waals surface area (Å²) in [6.45, 7) is 0.107. The molecule has 1 saturated carbocycles. The van der Waals surface area contributed by atoms with Gasteiger partial charge in [-0.3, -0.25) is 4.79 Å². The molecule has 0 radical (unpaired) electrons. The molecule has 1 amide bonds. The van der Waals surface area contributed by atoms with Crippen LogP contribution in [0, 0.1) is 17.6 Å². The van der Waals surface area contributed by atoms with Crippen molar-refractivity contribution in [2.24, 2.45) is 11.1 Å². The number of hydrogen-bond acceptors (Lipinski definition) is 3. The van der Waals surface area contributed by atoms with E-state index >= 15 is 0 Å². The second kappa shape index (κ2) is 9.69. The summed E-state index contributed by atoms with van der Waals surface area (Å²) in [6.07, 6.45) is -3.42. The van der Waals surface area contributed by atoms with E-state index in [1.54, 1.807) is 30.3 Å². The molecule has 1 fully saturated rings. The number of rotatable bonds is 6. The lowest BCUT2D eigenvalue weighted by Gasteiger charge is -2.16. The van der Waals surface area contributed by atoms with Gasteiger partial charge in [-0.05, 0) is 36.5 Å². The maximum Gasteiger partial charge on any atom is 0.417 e. The third-order valence-electron chi connectivity index (χ3n) is 4.27. The number of carbonyl (C=O) groups is 1. The van der Waals surface area contributed by atoms with Crippen LogP contribution < -0.4 is 5.32 Å². The zero-order valence-corrected chi connectivity index (χ0v) is 15.1. The summed E-state index contributed by atoms with van der Waals surface area (Å²) in [5.41, 5.74) is -2.08. The molecular formula is C21H21F5N2O2. The van der Waals surface area contributed by atoms with Crippen LogP contribution in [0.4, 0.5) is 22.0 Å². The fourth-order valence-electron chi connectivity index (χ4n) is 2.60. The molecule has 9 heteroatoms. The van der Waals surface area contributed by atoms with E-state index in [9.17, 15) is 26.7 Å². The summed E-state index contributed by atoms with van der Waals surface area (Å²) in [5, 5.41) is 5.65. The Labute approximate surface area is 170 Å². The Morgan fingerprint density at radius 1 is 1.10 bits per heavy atom. The molecule has 0 aromatic heterocycles. The first-order valence-corrected chi connectivity index (χ1v) is 8.85. The number of alkyl halides is 3. The normalized spacial score (nSPS) is 14.1. The van der Waals surface area contributed by atoms with Crippen LogP contribution >= 0.6 is 0 Å².